The topological polar surface area (TPSA) is 23.9 Å². The molecule has 37 heavy (non-hydrogen) atoms. The van der Waals surface area contributed by atoms with E-state index in [1.807, 2.05) is 36.4 Å². The van der Waals surface area contributed by atoms with Crippen LogP contribution in [0.3, 0.4) is 0 Å². The first-order valence-corrected chi connectivity index (χ1v) is 12.2. The SMILES string of the molecule is C=C/C=C(\C(C)=N)c1ccc(-c2c(C=C)c(C=C)c(-c3ccccc3)c3ccccc23)c(C=C)c1C=C. The maximum Gasteiger partial charge on any atom is 0.0361 e. The van der Waals surface area contributed by atoms with Crippen molar-refractivity contribution in [3.05, 3.63) is 140 Å². The van der Waals surface area contributed by atoms with Crippen molar-refractivity contribution in [1.29, 1.82) is 5.41 Å². The molecule has 0 aliphatic heterocycles. The molecule has 0 radical (unpaired) electrons. The van der Waals surface area contributed by atoms with Gasteiger partial charge in [-0.25, -0.2) is 0 Å². The Balaban J connectivity index is 2.20. The van der Waals surface area contributed by atoms with Gasteiger partial charge in [-0.15, -0.1) is 0 Å². The van der Waals surface area contributed by atoms with E-state index in [1.54, 1.807) is 13.0 Å². The molecule has 0 saturated heterocycles. The van der Waals surface area contributed by atoms with Crippen LogP contribution in [0.15, 0.2) is 112 Å². The van der Waals surface area contributed by atoms with Gasteiger partial charge >= 0.3 is 0 Å². The largest absolute Gasteiger partial charge is 0.305 e. The highest BCUT2D eigenvalue weighted by Crippen LogP contribution is 2.45. The monoisotopic (exact) mass is 477 g/mol. The summed E-state index contributed by atoms with van der Waals surface area (Å²) in [6, 6.07) is 23.1. The van der Waals surface area contributed by atoms with Crippen molar-refractivity contribution >= 4 is 46.4 Å². The highest BCUT2D eigenvalue weighted by Gasteiger charge is 2.22. The minimum Gasteiger partial charge on any atom is -0.305 e. The molecule has 0 atom stereocenters. The first-order chi connectivity index (χ1) is 18.0. The van der Waals surface area contributed by atoms with Gasteiger partial charge in [0.1, 0.15) is 0 Å². The van der Waals surface area contributed by atoms with Crippen molar-refractivity contribution in [3.63, 3.8) is 0 Å². The molecule has 0 aliphatic carbocycles. The van der Waals surface area contributed by atoms with Crippen molar-refractivity contribution in [2.45, 2.75) is 6.92 Å². The molecular formula is C36H31N. The second kappa shape index (κ2) is 10.9. The molecule has 0 aromatic heterocycles. The van der Waals surface area contributed by atoms with E-state index in [1.165, 1.54) is 0 Å². The third-order valence-corrected chi connectivity index (χ3v) is 6.71. The fraction of sp³-hybridized carbons (Fsp3) is 0.0278. The van der Waals surface area contributed by atoms with Gasteiger partial charge in [-0.2, -0.15) is 0 Å². The second-order valence-electron chi connectivity index (χ2n) is 8.73. The first kappa shape index (κ1) is 25.3. The summed E-state index contributed by atoms with van der Waals surface area (Å²) in [5.74, 6) is 0. The maximum absolute atomic E-state index is 8.34. The van der Waals surface area contributed by atoms with Gasteiger partial charge < -0.3 is 5.41 Å². The van der Waals surface area contributed by atoms with E-state index in [-0.39, 0.29) is 0 Å². The Hall–Kier alpha value is -4.75. The number of allylic oxidation sites excluding steroid dienone is 3. The fourth-order valence-corrected chi connectivity index (χ4v) is 5.17. The lowest BCUT2D eigenvalue weighted by Crippen LogP contribution is -2.02. The smallest absolute Gasteiger partial charge is 0.0361 e. The molecule has 0 bridgehead atoms. The molecule has 0 amide bonds. The van der Waals surface area contributed by atoms with Crippen molar-refractivity contribution in [2.75, 3.05) is 0 Å². The summed E-state index contributed by atoms with van der Waals surface area (Å²) in [7, 11) is 0. The van der Waals surface area contributed by atoms with Crippen molar-refractivity contribution in [3.8, 4) is 22.3 Å². The van der Waals surface area contributed by atoms with Crippen LogP contribution in [0.2, 0.25) is 0 Å². The van der Waals surface area contributed by atoms with E-state index in [0.717, 1.165) is 66.4 Å². The normalized spacial score (nSPS) is 11.1. The van der Waals surface area contributed by atoms with Gasteiger partial charge in [-0.05, 0) is 67.8 Å². The van der Waals surface area contributed by atoms with Gasteiger partial charge in [-0.3, -0.25) is 0 Å². The average Bonchev–Trinajstić information content (AvgIpc) is 2.94. The first-order valence-electron chi connectivity index (χ1n) is 12.2. The molecule has 180 valence electrons. The Morgan fingerprint density at radius 2 is 1.16 bits per heavy atom. The van der Waals surface area contributed by atoms with E-state index in [0.29, 0.717) is 5.71 Å². The van der Waals surface area contributed by atoms with Crippen LogP contribution in [0.1, 0.15) is 34.7 Å². The van der Waals surface area contributed by atoms with Crippen molar-refractivity contribution < 1.29 is 0 Å². The van der Waals surface area contributed by atoms with Crippen LogP contribution >= 0.6 is 0 Å². The van der Waals surface area contributed by atoms with Gasteiger partial charge in [0, 0.05) is 11.3 Å². The van der Waals surface area contributed by atoms with Gasteiger partial charge in [0.15, 0.2) is 0 Å². The molecule has 0 spiro atoms. The summed E-state index contributed by atoms with van der Waals surface area (Å²) in [4.78, 5) is 0. The number of benzene rings is 4. The number of fused-ring (bicyclic) bond motifs is 1. The maximum atomic E-state index is 8.34. The quantitative estimate of drug-likeness (QED) is 0.183. The average molecular weight is 478 g/mol. The van der Waals surface area contributed by atoms with Crippen molar-refractivity contribution in [2.24, 2.45) is 0 Å². The summed E-state index contributed by atoms with van der Waals surface area (Å²) in [5, 5.41) is 10.6. The van der Waals surface area contributed by atoms with Crippen LogP contribution in [-0.2, 0) is 0 Å². The van der Waals surface area contributed by atoms with Crippen LogP contribution in [0.25, 0.3) is 62.9 Å². The summed E-state index contributed by atoms with van der Waals surface area (Å²) < 4.78 is 0. The summed E-state index contributed by atoms with van der Waals surface area (Å²) in [6.45, 7) is 22.3. The lowest BCUT2D eigenvalue weighted by molar-refractivity contribution is 1.47. The number of rotatable bonds is 9. The second-order valence-corrected chi connectivity index (χ2v) is 8.73. The summed E-state index contributed by atoms with van der Waals surface area (Å²) in [6.07, 6.45) is 11.1. The van der Waals surface area contributed by atoms with Crippen LogP contribution in [-0.4, -0.2) is 5.71 Å². The zero-order chi connectivity index (χ0) is 26.5. The van der Waals surface area contributed by atoms with Crippen LogP contribution in [0, 0.1) is 5.41 Å². The van der Waals surface area contributed by atoms with Gasteiger partial charge in [-0.1, -0.05) is 136 Å². The lowest BCUT2D eigenvalue weighted by Gasteiger charge is -2.23. The molecule has 4 aromatic rings. The summed E-state index contributed by atoms with van der Waals surface area (Å²) in [5.41, 5.74) is 10.5. The predicted molar refractivity (Wildman–Crippen MR) is 167 cm³/mol. The molecule has 1 nitrogen and oxygen atoms in total. The summed E-state index contributed by atoms with van der Waals surface area (Å²) >= 11 is 0. The molecule has 0 aliphatic rings. The molecule has 4 aromatic carbocycles. The van der Waals surface area contributed by atoms with E-state index in [9.17, 15) is 0 Å². The van der Waals surface area contributed by atoms with E-state index in [4.69, 9.17) is 5.41 Å². The fourth-order valence-electron chi connectivity index (χ4n) is 5.17. The molecule has 0 unspecified atom stereocenters. The van der Waals surface area contributed by atoms with E-state index < -0.39 is 0 Å². The van der Waals surface area contributed by atoms with E-state index >= 15 is 0 Å². The Labute approximate surface area is 220 Å². The number of nitrogens with one attached hydrogen (secondary N) is 1. The molecule has 0 saturated carbocycles. The van der Waals surface area contributed by atoms with Crippen molar-refractivity contribution in [1.82, 2.24) is 0 Å². The minimum atomic E-state index is 0.462. The minimum absolute atomic E-state index is 0.462. The molecule has 0 fully saturated rings. The van der Waals surface area contributed by atoms with E-state index in [2.05, 4.69) is 93.6 Å². The Morgan fingerprint density at radius 1 is 0.622 bits per heavy atom. The highest BCUT2D eigenvalue weighted by atomic mass is 14.4. The third-order valence-electron chi connectivity index (χ3n) is 6.71. The Bertz CT molecular complexity index is 1610. The zero-order valence-corrected chi connectivity index (χ0v) is 21.4. The lowest BCUT2D eigenvalue weighted by atomic mass is 9.80. The number of hydrogen-bond acceptors (Lipinski definition) is 1. The molecular weight excluding hydrogens is 446 g/mol. The Kier molecular flexibility index (Phi) is 7.46. The van der Waals surface area contributed by atoms with Gasteiger partial charge in [0.2, 0.25) is 0 Å². The highest BCUT2D eigenvalue weighted by molar-refractivity contribution is 6.23. The Morgan fingerprint density at radius 3 is 1.70 bits per heavy atom. The molecule has 4 rings (SSSR count). The molecule has 1 N–H and O–H groups in total. The zero-order valence-electron chi connectivity index (χ0n) is 21.4. The van der Waals surface area contributed by atoms with Gasteiger partial charge in [0.05, 0.1) is 0 Å². The number of hydrogen-bond donors (Lipinski definition) is 1. The molecule has 0 heterocycles. The van der Waals surface area contributed by atoms with Crippen LogP contribution < -0.4 is 0 Å². The molecule has 1 heteroatoms. The van der Waals surface area contributed by atoms with Gasteiger partial charge in [0.25, 0.3) is 0 Å². The van der Waals surface area contributed by atoms with Crippen LogP contribution in [0.4, 0.5) is 0 Å². The predicted octanol–water partition coefficient (Wildman–Crippen LogP) is 10.4. The third kappa shape index (κ3) is 4.37. The standard InChI is InChI=1S/C36H31N/c1-7-17-30(24(6)37)31-22-23-34(27(9-3)26(31)8-2)36-29(11-5)28(10-4)35(25-18-13-12-14-19-25)32-20-15-16-21-33(32)36/h7-23,37H,1-5H2,6H3/b30-17+,37-24?. The van der Waals surface area contributed by atoms with Crippen LogP contribution in [0.5, 0.6) is 0 Å².